The molecule has 0 bridgehead atoms. The number of hydrogen-bond donors (Lipinski definition) is 1. The van der Waals surface area contributed by atoms with Crippen LogP contribution in [-0.4, -0.2) is 47.2 Å². The van der Waals surface area contributed by atoms with Gasteiger partial charge in [0.25, 0.3) is 0 Å². The number of carbonyl (C=O) groups excluding carboxylic acids is 1. The van der Waals surface area contributed by atoms with Gasteiger partial charge in [0.2, 0.25) is 0 Å². The van der Waals surface area contributed by atoms with Crippen LogP contribution >= 0.6 is 0 Å². The first-order valence-corrected chi connectivity index (χ1v) is 12.6. The van der Waals surface area contributed by atoms with Crippen molar-refractivity contribution >= 4 is 6.09 Å². The molecule has 0 aliphatic carbocycles. The Balaban J connectivity index is 1.18. The summed E-state index contributed by atoms with van der Waals surface area (Å²) in [6.45, 7) is 0.575. The van der Waals surface area contributed by atoms with Crippen molar-refractivity contribution in [3.8, 4) is 33.8 Å². The van der Waals surface area contributed by atoms with Crippen molar-refractivity contribution in [1.82, 2.24) is 15.2 Å². The lowest BCUT2D eigenvalue weighted by Crippen LogP contribution is -2.51. The highest BCUT2D eigenvalue weighted by molar-refractivity contribution is 5.68. The van der Waals surface area contributed by atoms with E-state index in [4.69, 9.17) is 29.0 Å². The molecule has 0 radical (unpaired) electrons. The number of carbonyl (C=O) groups is 1. The third-order valence-corrected chi connectivity index (χ3v) is 6.10. The van der Waals surface area contributed by atoms with E-state index in [2.05, 4.69) is 10.3 Å². The second-order valence-electron chi connectivity index (χ2n) is 8.84. The summed E-state index contributed by atoms with van der Waals surface area (Å²) in [7, 11) is 0. The van der Waals surface area contributed by atoms with E-state index in [1.54, 1.807) is 24.9 Å². The maximum Gasteiger partial charge on any atom is 0.411 e. The normalized spacial score (nSPS) is 11.5. The predicted octanol–water partition coefficient (Wildman–Crippen LogP) is 5.38. The van der Waals surface area contributed by atoms with Gasteiger partial charge in [0, 0.05) is 11.1 Å². The molecule has 40 heavy (non-hydrogen) atoms. The van der Waals surface area contributed by atoms with Gasteiger partial charge in [-0.3, -0.25) is 4.90 Å². The summed E-state index contributed by atoms with van der Waals surface area (Å²) in [6, 6.07) is 24.4. The molecule has 0 saturated carbocycles. The summed E-state index contributed by atoms with van der Waals surface area (Å²) >= 11 is 0. The SMILES string of the molecule is NC(COc1ccc(-c2cnoc2)cc1)N(CCOc1ccc(-c2cnoc2)cc1)C(=O)OCc1ccccc1. The van der Waals surface area contributed by atoms with Crippen LogP contribution in [0.4, 0.5) is 4.79 Å². The Morgan fingerprint density at radius 1 is 0.775 bits per heavy atom. The molecule has 1 amide bonds. The summed E-state index contributed by atoms with van der Waals surface area (Å²) in [5.74, 6) is 1.26. The van der Waals surface area contributed by atoms with E-state index < -0.39 is 12.3 Å². The fourth-order valence-corrected chi connectivity index (χ4v) is 3.91. The fraction of sp³-hybridized carbons (Fsp3) is 0.167. The topological polar surface area (TPSA) is 126 Å². The Bertz CT molecular complexity index is 1440. The highest BCUT2D eigenvalue weighted by atomic mass is 16.6. The minimum atomic E-state index is -0.777. The van der Waals surface area contributed by atoms with Crippen molar-refractivity contribution in [2.24, 2.45) is 5.73 Å². The molecule has 0 saturated heterocycles. The van der Waals surface area contributed by atoms with Crippen molar-refractivity contribution in [3.05, 3.63) is 109 Å². The Morgan fingerprint density at radius 3 is 1.90 bits per heavy atom. The number of nitrogens with two attached hydrogens (primary N) is 1. The summed E-state index contributed by atoms with van der Waals surface area (Å²) in [5.41, 5.74) is 10.9. The maximum absolute atomic E-state index is 13.0. The molecule has 5 rings (SSSR count). The van der Waals surface area contributed by atoms with E-state index in [9.17, 15) is 4.79 Å². The number of hydrogen-bond acceptors (Lipinski definition) is 9. The molecule has 2 heterocycles. The minimum Gasteiger partial charge on any atom is -0.492 e. The predicted molar refractivity (Wildman–Crippen MR) is 146 cm³/mol. The molecule has 0 aliphatic heterocycles. The lowest BCUT2D eigenvalue weighted by molar-refractivity contribution is 0.0626. The number of amides is 1. The highest BCUT2D eigenvalue weighted by Crippen LogP contribution is 2.23. The van der Waals surface area contributed by atoms with Crippen LogP contribution in [0.2, 0.25) is 0 Å². The maximum atomic E-state index is 13.0. The van der Waals surface area contributed by atoms with Crippen LogP contribution in [0.1, 0.15) is 5.56 Å². The van der Waals surface area contributed by atoms with Gasteiger partial charge in [-0.05, 0) is 41.0 Å². The Morgan fingerprint density at radius 2 is 1.35 bits per heavy atom. The van der Waals surface area contributed by atoms with E-state index in [-0.39, 0.29) is 26.4 Å². The molecule has 10 heteroatoms. The van der Waals surface area contributed by atoms with Crippen molar-refractivity contribution in [2.75, 3.05) is 19.8 Å². The zero-order valence-electron chi connectivity index (χ0n) is 21.6. The molecule has 2 N–H and O–H groups in total. The largest absolute Gasteiger partial charge is 0.492 e. The van der Waals surface area contributed by atoms with Gasteiger partial charge in [-0.2, -0.15) is 0 Å². The second kappa shape index (κ2) is 13.1. The van der Waals surface area contributed by atoms with Crippen molar-refractivity contribution in [1.29, 1.82) is 0 Å². The molecular formula is C30H28N4O6. The Kier molecular flexibility index (Phi) is 8.70. The van der Waals surface area contributed by atoms with Crippen LogP contribution in [0.3, 0.4) is 0 Å². The van der Waals surface area contributed by atoms with E-state index in [0.717, 1.165) is 27.8 Å². The highest BCUT2D eigenvalue weighted by Gasteiger charge is 2.23. The van der Waals surface area contributed by atoms with Gasteiger partial charge in [0.05, 0.1) is 18.9 Å². The molecule has 3 aromatic carbocycles. The number of nitrogens with zero attached hydrogens (tertiary/aromatic N) is 3. The molecule has 10 nitrogen and oxygen atoms in total. The standard InChI is InChI=1S/C30H28N4O6/c31-29(21-37-28-12-8-24(9-13-28)26-17-33-40-20-26)34(30(35)38-18-22-4-2-1-3-5-22)14-15-36-27-10-6-23(7-11-27)25-16-32-39-19-25/h1-13,16-17,19-20,29H,14-15,18,21,31H2. The molecule has 0 spiro atoms. The average molecular weight is 541 g/mol. The van der Waals surface area contributed by atoms with Crippen molar-refractivity contribution in [3.63, 3.8) is 0 Å². The van der Waals surface area contributed by atoms with Crippen LogP contribution in [-0.2, 0) is 11.3 Å². The molecule has 0 aliphatic rings. The first-order valence-electron chi connectivity index (χ1n) is 12.6. The van der Waals surface area contributed by atoms with Gasteiger partial charge >= 0.3 is 6.09 Å². The van der Waals surface area contributed by atoms with Gasteiger partial charge < -0.3 is 29.0 Å². The molecular weight excluding hydrogens is 512 g/mol. The van der Waals surface area contributed by atoms with Crippen LogP contribution < -0.4 is 15.2 Å². The van der Waals surface area contributed by atoms with Gasteiger partial charge in [-0.25, -0.2) is 4.79 Å². The van der Waals surface area contributed by atoms with Gasteiger partial charge in [0.1, 0.15) is 50.0 Å². The lowest BCUT2D eigenvalue weighted by atomic mass is 10.1. The van der Waals surface area contributed by atoms with Crippen LogP contribution in [0.25, 0.3) is 22.3 Å². The number of aromatic nitrogens is 2. The van der Waals surface area contributed by atoms with Gasteiger partial charge in [-0.15, -0.1) is 0 Å². The zero-order chi connectivity index (χ0) is 27.6. The number of rotatable bonds is 12. The average Bonchev–Trinajstić information content (AvgIpc) is 3.74. The monoisotopic (exact) mass is 540 g/mol. The second-order valence-corrected chi connectivity index (χ2v) is 8.84. The fourth-order valence-electron chi connectivity index (χ4n) is 3.91. The van der Waals surface area contributed by atoms with E-state index in [1.807, 2.05) is 78.9 Å². The Hall–Kier alpha value is -5.09. The first-order chi connectivity index (χ1) is 19.7. The molecule has 5 aromatic rings. The zero-order valence-corrected chi connectivity index (χ0v) is 21.6. The number of ether oxygens (including phenoxy) is 3. The van der Waals surface area contributed by atoms with E-state index in [1.165, 1.54) is 4.90 Å². The van der Waals surface area contributed by atoms with Gasteiger partial charge in [-0.1, -0.05) is 64.9 Å². The van der Waals surface area contributed by atoms with E-state index >= 15 is 0 Å². The molecule has 1 unspecified atom stereocenters. The van der Waals surface area contributed by atoms with E-state index in [0.29, 0.717) is 11.5 Å². The van der Waals surface area contributed by atoms with Crippen molar-refractivity contribution in [2.45, 2.75) is 12.8 Å². The molecule has 204 valence electrons. The lowest BCUT2D eigenvalue weighted by Gasteiger charge is -2.28. The smallest absolute Gasteiger partial charge is 0.411 e. The number of benzene rings is 3. The summed E-state index contributed by atoms with van der Waals surface area (Å²) in [6.07, 6.45) is 5.08. The quantitative estimate of drug-likeness (QED) is 0.208. The summed E-state index contributed by atoms with van der Waals surface area (Å²) < 4.78 is 27.1. The molecule has 0 fully saturated rings. The van der Waals surface area contributed by atoms with Crippen LogP contribution in [0.5, 0.6) is 11.5 Å². The van der Waals surface area contributed by atoms with Crippen LogP contribution in [0, 0.1) is 0 Å². The Labute approximate surface area is 230 Å². The minimum absolute atomic E-state index is 0.0560. The third-order valence-electron chi connectivity index (χ3n) is 6.10. The summed E-state index contributed by atoms with van der Waals surface area (Å²) in [5, 5.41) is 7.44. The summed E-state index contributed by atoms with van der Waals surface area (Å²) in [4.78, 5) is 14.4. The molecule has 2 aromatic heterocycles. The first kappa shape index (κ1) is 26.5. The van der Waals surface area contributed by atoms with Gasteiger partial charge in [0.15, 0.2) is 0 Å². The van der Waals surface area contributed by atoms with Crippen LogP contribution in [0.15, 0.2) is 113 Å². The third kappa shape index (κ3) is 7.06. The molecule has 1 atom stereocenters. The van der Waals surface area contributed by atoms with Crippen molar-refractivity contribution < 1.29 is 28.1 Å².